The molecule has 0 aromatic heterocycles. The lowest BCUT2D eigenvalue weighted by atomic mass is 10.1. The zero-order valence-electron chi connectivity index (χ0n) is 11.6. The minimum atomic E-state index is -1.04. The molecule has 1 heterocycles. The molecule has 0 bridgehead atoms. The predicted molar refractivity (Wildman–Crippen MR) is 71.8 cm³/mol. The Balaban J connectivity index is 2.62. The van der Waals surface area contributed by atoms with Crippen molar-refractivity contribution in [1.29, 1.82) is 0 Å². The molecule has 19 heavy (non-hydrogen) atoms. The maximum atomic E-state index is 11.9. The normalized spacial score (nSPS) is 16.1. The molecule has 1 atom stereocenters. The van der Waals surface area contributed by atoms with Gasteiger partial charge in [0.15, 0.2) is 0 Å². The van der Waals surface area contributed by atoms with Gasteiger partial charge in [-0.2, -0.15) is 0 Å². The molecule has 7 nitrogen and oxygen atoms in total. The maximum Gasteiger partial charge on any atom is 0.326 e. The van der Waals surface area contributed by atoms with Crippen molar-refractivity contribution in [2.24, 2.45) is 10.9 Å². The van der Waals surface area contributed by atoms with E-state index in [2.05, 4.69) is 10.3 Å². The van der Waals surface area contributed by atoms with Gasteiger partial charge in [0.25, 0.3) is 0 Å². The Morgan fingerprint density at radius 3 is 2.47 bits per heavy atom. The number of nitrogens with zero attached hydrogens (tertiary/aromatic N) is 3. The van der Waals surface area contributed by atoms with Crippen molar-refractivity contribution in [3.63, 3.8) is 0 Å². The molecule has 0 saturated carbocycles. The van der Waals surface area contributed by atoms with Gasteiger partial charge >= 0.3 is 12.0 Å². The third-order valence-corrected chi connectivity index (χ3v) is 2.72. The highest BCUT2D eigenvalue weighted by Crippen LogP contribution is 2.06. The first-order valence-electron chi connectivity index (χ1n) is 6.03. The van der Waals surface area contributed by atoms with Crippen LogP contribution in [-0.2, 0) is 4.79 Å². The van der Waals surface area contributed by atoms with Gasteiger partial charge in [-0.15, -0.1) is 0 Å². The summed E-state index contributed by atoms with van der Waals surface area (Å²) < 4.78 is 0. The molecule has 0 spiro atoms. The number of hydrogen-bond donors (Lipinski definition) is 2. The molecule has 0 aromatic carbocycles. The van der Waals surface area contributed by atoms with Crippen molar-refractivity contribution >= 4 is 17.8 Å². The molecule has 0 radical (unpaired) electrons. The highest BCUT2D eigenvalue weighted by Gasteiger charge is 2.25. The predicted octanol–water partition coefficient (Wildman–Crippen LogP) is 0.552. The van der Waals surface area contributed by atoms with Crippen LogP contribution in [0.2, 0.25) is 0 Å². The summed E-state index contributed by atoms with van der Waals surface area (Å²) in [5.74, 6) is -0.458. The van der Waals surface area contributed by atoms with Crippen LogP contribution in [0.5, 0.6) is 0 Å². The third kappa shape index (κ3) is 3.97. The number of aliphatic imine (C=N–C) groups is 1. The standard InChI is InChI=1S/C12H20N4O3/c1-8(2)10(11(17)18)14-12(19)16-6-5-9(13-7-16)15(3)4/h5-6,8,10H,7H2,1-4H3,(H,14,19)(H,17,18). The lowest BCUT2D eigenvalue weighted by molar-refractivity contribution is -0.140. The Hall–Kier alpha value is -2.05. The maximum absolute atomic E-state index is 11.9. The van der Waals surface area contributed by atoms with E-state index in [0.717, 1.165) is 5.84 Å². The fourth-order valence-corrected chi connectivity index (χ4v) is 1.56. The average Bonchev–Trinajstić information content (AvgIpc) is 2.34. The SMILES string of the molecule is CC(C)C(NC(=O)N1C=CC(N(C)C)=NC1)C(=O)O. The molecule has 1 aliphatic rings. The summed E-state index contributed by atoms with van der Waals surface area (Å²) in [6, 6.07) is -1.36. The molecule has 7 heteroatoms. The molecule has 1 unspecified atom stereocenters. The van der Waals surface area contributed by atoms with Gasteiger partial charge in [-0.05, 0) is 12.0 Å². The molecule has 2 amide bonds. The summed E-state index contributed by atoms with van der Waals surface area (Å²) in [5, 5.41) is 11.5. The lowest BCUT2D eigenvalue weighted by Crippen LogP contribution is -2.49. The number of aliphatic carboxylic acids is 1. The van der Waals surface area contributed by atoms with Crippen molar-refractivity contribution in [1.82, 2.24) is 15.1 Å². The highest BCUT2D eigenvalue weighted by molar-refractivity contribution is 5.94. The second-order valence-electron chi connectivity index (χ2n) is 4.85. The smallest absolute Gasteiger partial charge is 0.326 e. The van der Waals surface area contributed by atoms with Gasteiger partial charge < -0.3 is 15.3 Å². The van der Waals surface area contributed by atoms with Gasteiger partial charge in [-0.25, -0.2) is 14.6 Å². The largest absolute Gasteiger partial charge is 0.480 e. The van der Waals surface area contributed by atoms with Crippen LogP contribution in [0.1, 0.15) is 13.8 Å². The van der Waals surface area contributed by atoms with E-state index >= 15 is 0 Å². The van der Waals surface area contributed by atoms with Gasteiger partial charge in [0, 0.05) is 20.3 Å². The fourth-order valence-electron chi connectivity index (χ4n) is 1.56. The zero-order valence-corrected chi connectivity index (χ0v) is 11.6. The van der Waals surface area contributed by atoms with Crippen LogP contribution in [0, 0.1) is 5.92 Å². The molecule has 0 aromatic rings. The summed E-state index contributed by atoms with van der Waals surface area (Å²) in [6.45, 7) is 3.67. The van der Waals surface area contributed by atoms with Crippen LogP contribution in [0.25, 0.3) is 0 Å². The quantitative estimate of drug-likeness (QED) is 0.783. The summed E-state index contributed by atoms with van der Waals surface area (Å²) in [4.78, 5) is 30.3. The average molecular weight is 268 g/mol. The Bertz CT molecular complexity index is 415. The molecule has 0 saturated heterocycles. The number of nitrogens with one attached hydrogen (secondary N) is 1. The molecule has 0 fully saturated rings. The Morgan fingerprint density at radius 1 is 1.47 bits per heavy atom. The second-order valence-corrected chi connectivity index (χ2v) is 4.85. The number of carboxylic acids is 1. The van der Waals surface area contributed by atoms with E-state index < -0.39 is 18.0 Å². The fraction of sp³-hybridized carbons (Fsp3) is 0.583. The van der Waals surface area contributed by atoms with E-state index in [0.29, 0.717) is 0 Å². The van der Waals surface area contributed by atoms with Crippen molar-refractivity contribution < 1.29 is 14.7 Å². The highest BCUT2D eigenvalue weighted by atomic mass is 16.4. The van der Waals surface area contributed by atoms with E-state index in [1.165, 1.54) is 4.90 Å². The second kappa shape index (κ2) is 6.21. The van der Waals surface area contributed by atoms with Gasteiger partial charge in [-0.1, -0.05) is 13.8 Å². The zero-order chi connectivity index (χ0) is 14.6. The minimum Gasteiger partial charge on any atom is -0.480 e. The van der Waals surface area contributed by atoms with Crippen LogP contribution in [-0.4, -0.2) is 59.5 Å². The van der Waals surface area contributed by atoms with Gasteiger partial charge in [0.2, 0.25) is 0 Å². The molecule has 106 valence electrons. The van der Waals surface area contributed by atoms with Crippen LogP contribution in [0.4, 0.5) is 4.79 Å². The van der Waals surface area contributed by atoms with E-state index in [1.807, 2.05) is 19.0 Å². The number of likely N-dealkylation sites (N-methyl/N-ethyl adjacent to an activating group) is 1. The van der Waals surface area contributed by atoms with E-state index in [9.17, 15) is 9.59 Å². The first-order chi connectivity index (χ1) is 8.82. The van der Waals surface area contributed by atoms with Crippen LogP contribution in [0.15, 0.2) is 17.3 Å². The van der Waals surface area contributed by atoms with E-state index in [-0.39, 0.29) is 12.6 Å². The first kappa shape index (κ1) is 15.0. The number of urea groups is 1. The molecular formula is C12H20N4O3. The first-order valence-corrected chi connectivity index (χ1v) is 6.03. The Kier molecular flexibility index (Phi) is 4.91. The number of carbonyl (C=O) groups is 2. The Morgan fingerprint density at radius 2 is 2.11 bits per heavy atom. The van der Waals surface area contributed by atoms with Gasteiger partial charge in [-0.3, -0.25) is 4.90 Å². The topological polar surface area (TPSA) is 85.2 Å². The van der Waals surface area contributed by atoms with Crippen molar-refractivity contribution in [2.45, 2.75) is 19.9 Å². The van der Waals surface area contributed by atoms with Crippen LogP contribution in [0.3, 0.4) is 0 Å². The number of amidine groups is 1. The number of rotatable bonds is 3. The monoisotopic (exact) mass is 268 g/mol. The van der Waals surface area contributed by atoms with Crippen molar-refractivity contribution in [3.05, 3.63) is 12.3 Å². The minimum absolute atomic E-state index is 0.181. The molecule has 0 aliphatic carbocycles. The molecule has 2 N–H and O–H groups in total. The number of amides is 2. The number of hydrogen-bond acceptors (Lipinski definition) is 4. The Labute approximate surface area is 112 Å². The van der Waals surface area contributed by atoms with E-state index in [4.69, 9.17) is 5.11 Å². The van der Waals surface area contributed by atoms with Gasteiger partial charge in [0.05, 0.1) is 0 Å². The van der Waals surface area contributed by atoms with Crippen molar-refractivity contribution in [3.8, 4) is 0 Å². The summed E-state index contributed by atoms with van der Waals surface area (Å²) >= 11 is 0. The lowest BCUT2D eigenvalue weighted by Gasteiger charge is -2.25. The van der Waals surface area contributed by atoms with Crippen molar-refractivity contribution in [2.75, 3.05) is 20.8 Å². The third-order valence-electron chi connectivity index (χ3n) is 2.72. The molecular weight excluding hydrogens is 248 g/mol. The molecule has 1 rings (SSSR count). The van der Waals surface area contributed by atoms with Crippen LogP contribution >= 0.6 is 0 Å². The summed E-state index contributed by atoms with van der Waals surface area (Å²) in [5.41, 5.74) is 0. The molecule has 1 aliphatic heterocycles. The van der Waals surface area contributed by atoms with Gasteiger partial charge in [0.1, 0.15) is 18.5 Å². The summed E-state index contributed by atoms with van der Waals surface area (Å²) in [7, 11) is 3.72. The summed E-state index contributed by atoms with van der Waals surface area (Å²) in [6.07, 6.45) is 3.30. The van der Waals surface area contributed by atoms with E-state index in [1.54, 1.807) is 26.1 Å². The number of carboxylic acid groups (broad SMARTS) is 1. The van der Waals surface area contributed by atoms with Crippen LogP contribution < -0.4 is 5.32 Å². The number of carbonyl (C=O) groups excluding carboxylic acids is 1.